The van der Waals surface area contributed by atoms with E-state index in [0.29, 0.717) is 9.95 Å². The first kappa shape index (κ1) is 13.8. The Hall–Kier alpha value is -0.250. The van der Waals surface area contributed by atoms with Gasteiger partial charge in [0.05, 0.1) is 6.07 Å². The standard InChI is InChI=1S/C8H11NO2S3/c1-8(5-9,4-3-6(10)11)14-7(12)13-2/h3-4H2,1-2H3,(H,10,11). The summed E-state index contributed by atoms with van der Waals surface area (Å²) in [5, 5.41) is 17.4. The van der Waals surface area contributed by atoms with E-state index >= 15 is 0 Å². The minimum absolute atomic E-state index is 0.00590. The van der Waals surface area contributed by atoms with Gasteiger partial charge in [0.2, 0.25) is 0 Å². The van der Waals surface area contributed by atoms with Gasteiger partial charge in [-0.2, -0.15) is 5.26 Å². The van der Waals surface area contributed by atoms with Crippen LogP contribution in [0.2, 0.25) is 0 Å². The van der Waals surface area contributed by atoms with Crippen molar-refractivity contribution in [2.75, 3.05) is 6.26 Å². The van der Waals surface area contributed by atoms with Crippen molar-refractivity contribution < 1.29 is 9.90 Å². The van der Waals surface area contributed by atoms with Crippen LogP contribution in [0.1, 0.15) is 19.8 Å². The number of nitriles is 1. The zero-order valence-electron chi connectivity index (χ0n) is 7.94. The van der Waals surface area contributed by atoms with Gasteiger partial charge in [0.15, 0.2) is 0 Å². The zero-order valence-corrected chi connectivity index (χ0v) is 10.4. The molecule has 78 valence electrons. The van der Waals surface area contributed by atoms with E-state index in [1.807, 2.05) is 6.26 Å². The van der Waals surface area contributed by atoms with Gasteiger partial charge in [0.25, 0.3) is 0 Å². The average molecular weight is 249 g/mol. The Kier molecular flexibility index (Phi) is 6.16. The third-order valence-corrected chi connectivity index (χ3v) is 4.27. The molecule has 0 fully saturated rings. The third kappa shape index (κ3) is 5.47. The molecule has 0 heterocycles. The van der Waals surface area contributed by atoms with E-state index in [1.54, 1.807) is 6.92 Å². The Bertz CT molecular complexity index is 274. The lowest BCUT2D eigenvalue weighted by molar-refractivity contribution is -0.137. The zero-order chi connectivity index (χ0) is 11.2. The molecule has 0 radical (unpaired) electrons. The molecule has 14 heavy (non-hydrogen) atoms. The Morgan fingerprint density at radius 3 is 2.64 bits per heavy atom. The molecule has 6 heteroatoms. The second kappa shape index (κ2) is 6.27. The van der Waals surface area contributed by atoms with Crippen LogP contribution in [0.25, 0.3) is 0 Å². The number of aliphatic carboxylic acids is 1. The van der Waals surface area contributed by atoms with E-state index < -0.39 is 10.7 Å². The minimum atomic E-state index is -0.887. The van der Waals surface area contributed by atoms with Gasteiger partial charge < -0.3 is 5.11 Å². The number of hydrogen-bond donors (Lipinski definition) is 1. The molecule has 0 saturated carbocycles. The first-order valence-electron chi connectivity index (χ1n) is 3.83. The number of nitrogens with zero attached hydrogens (tertiary/aromatic N) is 1. The Labute approximate surface area is 97.2 Å². The van der Waals surface area contributed by atoms with Crippen LogP contribution in [0.5, 0.6) is 0 Å². The van der Waals surface area contributed by atoms with Crippen molar-refractivity contribution in [3.05, 3.63) is 0 Å². The summed E-state index contributed by atoms with van der Waals surface area (Å²) in [6.07, 6.45) is 2.14. The number of rotatable bonds is 4. The van der Waals surface area contributed by atoms with Crippen LogP contribution < -0.4 is 0 Å². The lowest BCUT2D eigenvalue weighted by Crippen LogP contribution is -2.20. The van der Waals surface area contributed by atoms with Gasteiger partial charge in [0.1, 0.15) is 8.28 Å². The quantitative estimate of drug-likeness (QED) is 0.772. The molecule has 0 aliphatic rings. The summed E-state index contributed by atoms with van der Waals surface area (Å²) in [7, 11) is 0. The maximum Gasteiger partial charge on any atom is 0.303 e. The highest BCUT2D eigenvalue weighted by atomic mass is 32.2. The van der Waals surface area contributed by atoms with Gasteiger partial charge in [-0.25, -0.2) is 0 Å². The molecule has 3 nitrogen and oxygen atoms in total. The molecule has 0 bridgehead atoms. The molecule has 0 aromatic rings. The molecular weight excluding hydrogens is 238 g/mol. The lowest BCUT2D eigenvalue weighted by Gasteiger charge is -2.19. The maximum absolute atomic E-state index is 10.4. The fourth-order valence-corrected chi connectivity index (χ4v) is 2.76. The van der Waals surface area contributed by atoms with Crippen LogP contribution in [0.3, 0.4) is 0 Å². The highest BCUT2D eigenvalue weighted by Crippen LogP contribution is 2.33. The predicted octanol–water partition coefficient (Wildman–Crippen LogP) is 2.51. The van der Waals surface area contributed by atoms with Crippen molar-refractivity contribution in [3.8, 4) is 6.07 Å². The van der Waals surface area contributed by atoms with Crippen molar-refractivity contribution in [1.82, 2.24) is 0 Å². The molecule has 0 aliphatic carbocycles. The fourth-order valence-electron chi connectivity index (χ4n) is 0.701. The third-order valence-electron chi connectivity index (χ3n) is 1.53. The molecule has 1 unspecified atom stereocenters. The summed E-state index contributed by atoms with van der Waals surface area (Å²) in [6, 6.07) is 2.10. The van der Waals surface area contributed by atoms with E-state index in [2.05, 4.69) is 6.07 Å². The van der Waals surface area contributed by atoms with Crippen LogP contribution in [0.4, 0.5) is 0 Å². The molecule has 0 aromatic heterocycles. The number of carbonyl (C=O) groups is 1. The van der Waals surface area contributed by atoms with Gasteiger partial charge >= 0.3 is 5.97 Å². The molecule has 0 saturated heterocycles. The Balaban J connectivity index is 4.27. The number of thiocarbonyl (C=S) groups is 1. The molecule has 0 amide bonds. The minimum Gasteiger partial charge on any atom is -0.481 e. The summed E-state index contributed by atoms with van der Waals surface area (Å²) < 4.78 is -0.0576. The van der Waals surface area contributed by atoms with Crippen molar-refractivity contribution in [2.24, 2.45) is 0 Å². The first-order valence-corrected chi connectivity index (χ1v) is 6.28. The van der Waals surface area contributed by atoms with Gasteiger partial charge in [-0.1, -0.05) is 24.0 Å². The normalized spacial score (nSPS) is 14.1. The summed E-state index contributed by atoms with van der Waals surface area (Å²) in [5.41, 5.74) is 0. The molecule has 0 aromatic carbocycles. The van der Waals surface area contributed by atoms with Crippen LogP contribution in [0, 0.1) is 11.3 Å². The molecule has 1 atom stereocenters. The number of hydrogen-bond acceptors (Lipinski definition) is 5. The Morgan fingerprint density at radius 1 is 1.71 bits per heavy atom. The van der Waals surface area contributed by atoms with Crippen LogP contribution in [0.15, 0.2) is 0 Å². The highest BCUT2D eigenvalue weighted by Gasteiger charge is 2.27. The monoisotopic (exact) mass is 249 g/mol. The summed E-state index contributed by atoms with van der Waals surface area (Å²) in [6.45, 7) is 1.71. The molecular formula is C8H11NO2S3. The molecule has 0 aliphatic heterocycles. The number of carboxylic acid groups (broad SMARTS) is 1. The Morgan fingerprint density at radius 2 is 2.29 bits per heavy atom. The molecule has 0 spiro atoms. The number of thioether (sulfide) groups is 2. The van der Waals surface area contributed by atoms with Gasteiger partial charge in [0, 0.05) is 6.42 Å². The van der Waals surface area contributed by atoms with E-state index in [-0.39, 0.29) is 6.42 Å². The van der Waals surface area contributed by atoms with E-state index in [4.69, 9.17) is 22.6 Å². The summed E-state index contributed by atoms with van der Waals surface area (Å²) >= 11 is 7.63. The fraction of sp³-hybridized carbons (Fsp3) is 0.625. The van der Waals surface area contributed by atoms with Gasteiger partial charge in [-0.3, -0.25) is 4.79 Å². The lowest BCUT2D eigenvalue weighted by atomic mass is 10.1. The van der Waals surface area contributed by atoms with E-state index in [1.165, 1.54) is 23.5 Å². The average Bonchev–Trinajstić information content (AvgIpc) is 2.14. The molecule has 0 rings (SSSR count). The smallest absolute Gasteiger partial charge is 0.303 e. The van der Waals surface area contributed by atoms with E-state index in [0.717, 1.165) is 0 Å². The summed E-state index contributed by atoms with van der Waals surface area (Å²) in [4.78, 5) is 10.4. The van der Waals surface area contributed by atoms with Crippen molar-refractivity contribution >= 4 is 45.2 Å². The van der Waals surface area contributed by atoms with Crippen LogP contribution >= 0.6 is 35.7 Å². The second-order valence-electron chi connectivity index (χ2n) is 2.79. The predicted molar refractivity (Wildman–Crippen MR) is 64.6 cm³/mol. The topological polar surface area (TPSA) is 61.1 Å². The van der Waals surface area contributed by atoms with Crippen LogP contribution in [-0.2, 0) is 4.79 Å². The van der Waals surface area contributed by atoms with Crippen molar-refractivity contribution in [2.45, 2.75) is 24.5 Å². The first-order chi connectivity index (χ1) is 6.43. The van der Waals surface area contributed by atoms with Gasteiger partial charge in [-0.05, 0) is 19.6 Å². The van der Waals surface area contributed by atoms with Gasteiger partial charge in [-0.15, -0.1) is 11.8 Å². The maximum atomic E-state index is 10.4. The largest absolute Gasteiger partial charge is 0.481 e. The van der Waals surface area contributed by atoms with E-state index in [9.17, 15) is 4.79 Å². The van der Waals surface area contributed by atoms with Crippen molar-refractivity contribution in [3.63, 3.8) is 0 Å². The highest BCUT2D eigenvalue weighted by molar-refractivity contribution is 8.47. The number of carboxylic acids is 1. The second-order valence-corrected chi connectivity index (χ2v) is 6.31. The molecule has 1 N–H and O–H groups in total. The van der Waals surface area contributed by atoms with Crippen molar-refractivity contribution in [1.29, 1.82) is 5.26 Å². The van der Waals surface area contributed by atoms with Crippen LogP contribution in [-0.4, -0.2) is 25.6 Å². The SMILES string of the molecule is CSC(=S)SC(C)(C#N)CCC(=O)O. The summed E-state index contributed by atoms with van der Waals surface area (Å²) in [5.74, 6) is -0.887.